The van der Waals surface area contributed by atoms with E-state index in [1.807, 2.05) is 32.0 Å². The number of amides is 2. The topological polar surface area (TPSA) is 111 Å². The summed E-state index contributed by atoms with van der Waals surface area (Å²) in [5.74, 6) is -1.25. The van der Waals surface area contributed by atoms with Gasteiger partial charge in [0.05, 0.1) is 32.2 Å². The van der Waals surface area contributed by atoms with E-state index in [2.05, 4.69) is 15.4 Å². The molecule has 0 heterocycles. The van der Waals surface area contributed by atoms with Crippen LogP contribution in [0.25, 0.3) is 0 Å². The number of methoxy groups -OCH3 is 1. The smallest absolute Gasteiger partial charge is 0.307 e. The van der Waals surface area contributed by atoms with Crippen LogP contribution in [0.5, 0.6) is 0 Å². The number of carbonyl (C=O) groups is 3. The minimum absolute atomic E-state index is 0. The van der Waals surface area contributed by atoms with Crippen molar-refractivity contribution in [3.8, 4) is 0 Å². The molecule has 0 aliphatic rings. The van der Waals surface area contributed by atoms with Crippen molar-refractivity contribution >= 4 is 30.2 Å². The average molecular weight is 372 g/mol. The van der Waals surface area contributed by atoms with Crippen LogP contribution in [-0.2, 0) is 19.1 Å². The molecule has 0 saturated heterocycles. The van der Waals surface area contributed by atoms with Gasteiger partial charge in [0.1, 0.15) is 0 Å². The second-order valence-corrected chi connectivity index (χ2v) is 5.80. The number of carbonyl (C=O) groups excluding carboxylic acids is 3. The van der Waals surface area contributed by atoms with Crippen LogP contribution in [0.15, 0.2) is 30.3 Å². The predicted octanol–water partition coefficient (Wildman–Crippen LogP) is 0.928. The lowest BCUT2D eigenvalue weighted by molar-refractivity contribution is -0.141. The summed E-state index contributed by atoms with van der Waals surface area (Å²) < 4.78 is 4.66. The van der Waals surface area contributed by atoms with E-state index in [0.717, 1.165) is 5.56 Å². The van der Waals surface area contributed by atoms with Crippen LogP contribution in [0.3, 0.4) is 0 Å². The Morgan fingerprint density at radius 1 is 1.16 bits per heavy atom. The zero-order chi connectivity index (χ0) is 18.1. The van der Waals surface area contributed by atoms with Crippen molar-refractivity contribution in [2.24, 2.45) is 11.7 Å². The first kappa shape index (κ1) is 22.9. The lowest BCUT2D eigenvalue weighted by Crippen LogP contribution is -2.47. The molecule has 7 nitrogen and oxygen atoms in total. The van der Waals surface area contributed by atoms with E-state index in [-0.39, 0.29) is 37.2 Å². The molecule has 0 aliphatic carbocycles. The van der Waals surface area contributed by atoms with Gasteiger partial charge < -0.3 is 21.1 Å². The third-order valence-electron chi connectivity index (χ3n) is 3.58. The van der Waals surface area contributed by atoms with E-state index >= 15 is 0 Å². The fourth-order valence-corrected chi connectivity index (χ4v) is 2.02. The number of nitrogens with one attached hydrogen (secondary N) is 2. The molecule has 25 heavy (non-hydrogen) atoms. The van der Waals surface area contributed by atoms with Gasteiger partial charge in [-0.15, -0.1) is 12.4 Å². The first-order chi connectivity index (χ1) is 11.3. The molecule has 2 amide bonds. The Balaban J connectivity index is 0.00000576. The molecule has 0 radical (unpaired) electrons. The highest BCUT2D eigenvalue weighted by atomic mass is 35.5. The highest BCUT2D eigenvalue weighted by molar-refractivity contribution is 5.87. The first-order valence-electron chi connectivity index (χ1n) is 7.79. The fraction of sp³-hybridized carbons (Fsp3) is 0.471. The van der Waals surface area contributed by atoms with Crippen molar-refractivity contribution in [3.63, 3.8) is 0 Å². The van der Waals surface area contributed by atoms with E-state index in [1.165, 1.54) is 7.11 Å². The second kappa shape index (κ2) is 11.4. The van der Waals surface area contributed by atoms with E-state index < -0.39 is 24.0 Å². The molecule has 1 aromatic carbocycles. The van der Waals surface area contributed by atoms with Crippen molar-refractivity contribution in [1.82, 2.24) is 10.6 Å². The zero-order valence-corrected chi connectivity index (χ0v) is 15.5. The molecule has 1 rings (SSSR count). The highest BCUT2D eigenvalue weighted by Gasteiger charge is 2.21. The molecule has 0 aromatic heterocycles. The Hall–Kier alpha value is -2.12. The Labute approximate surface area is 154 Å². The third kappa shape index (κ3) is 8.00. The summed E-state index contributed by atoms with van der Waals surface area (Å²) in [6, 6.07) is 7.89. The van der Waals surface area contributed by atoms with Crippen LogP contribution in [0.4, 0.5) is 0 Å². The number of benzene rings is 1. The minimum Gasteiger partial charge on any atom is -0.469 e. The Kier molecular flexibility index (Phi) is 10.5. The molecule has 0 bridgehead atoms. The molecule has 1 unspecified atom stereocenters. The van der Waals surface area contributed by atoms with Gasteiger partial charge in [-0.2, -0.15) is 0 Å². The second-order valence-electron chi connectivity index (χ2n) is 5.80. The van der Waals surface area contributed by atoms with Gasteiger partial charge in [0.25, 0.3) is 0 Å². The quantitative estimate of drug-likeness (QED) is 0.589. The van der Waals surface area contributed by atoms with E-state index in [4.69, 9.17) is 5.73 Å². The maximum Gasteiger partial charge on any atom is 0.307 e. The van der Waals surface area contributed by atoms with Gasteiger partial charge in [-0.05, 0) is 11.5 Å². The average Bonchev–Trinajstić information content (AvgIpc) is 2.58. The zero-order valence-electron chi connectivity index (χ0n) is 14.7. The predicted molar refractivity (Wildman–Crippen MR) is 97.0 cm³/mol. The van der Waals surface area contributed by atoms with Crippen molar-refractivity contribution in [3.05, 3.63) is 35.9 Å². The van der Waals surface area contributed by atoms with Crippen molar-refractivity contribution < 1.29 is 19.1 Å². The molecule has 0 saturated carbocycles. The summed E-state index contributed by atoms with van der Waals surface area (Å²) in [6.07, 6.45) is 0.00566. The number of rotatable bonds is 8. The monoisotopic (exact) mass is 371 g/mol. The summed E-state index contributed by atoms with van der Waals surface area (Å²) in [7, 11) is 1.29. The molecule has 4 N–H and O–H groups in total. The number of ether oxygens (including phenoxy) is 1. The molecular weight excluding hydrogens is 346 g/mol. The van der Waals surface area contributed by atoms with E-state index in [9.17, 15) is 14.4 Å². The molecular formula is C17H26ClN3O4. The summed E-state index contributed by atoms with van der Waals surface area (Å²) >= 11 is 0. The van der Waals surface area contributed by atoms with Crippen molar-refractivity contribution in [2.45, 2.75) is 32.4 Å². The van der Waals surface area contributed by atoms with Crippen LogP contribution < -0.4 is 16.4 Å². The van der Waals surface area contributed by atoms with Gasteiger partial charge in [-0.25, -0.2) is 0 Å². The molecule has 0 spiro atoms. The minimum atomic E-state index is -0.669. The van der Waals surface area contributed by atoms with E-state index in [0.29, 0.717) is 0 Å². The Morgan fingerprint density at radius 2 is 1.76 bits per heavy atom. The van der Waals surface area contributed by atoms with Gasteiger partial charge in [0.2, 0.25) is 11.8 Å². The van der Waals surface area contributed by atoms with Gasteiger partial charge in [-0.3, -0.25) is 14.4 Å². The first-order valence-corrected chi connectivity index (χ1v) is 7.79. The lowest BCUT2D eigenvalue weighted by Gasteiger charge is -2.19. The fourth-order valence-electron chi connectivity index (χ4n) is 2.02. The maximum atomic E-state index is 12.1. The Morgan fingerprint density at radius 3 is 2.28 bits per heavy atom. The highest BCUT2D eigenvalue weighted by Crippen LogP contribution is 2.16. The van der Waals surface area contributed by atoms with Crippen molar-refractivity contribution in [1.29, 1.82) is 0 Å². The van der Waals surface area contributed by atoms with Crippen LogP contribution >= 0.6 is 12.4 Å². The van der Waals surface area contributed by atoms with Gasteiger partial charge in [0, 0.05) is 0 Å². The standard InChI is InChI=1S/C17H25N3O4.ClH/c1-11(2)16(18)17(23)19-10-14(21)20-13(9-15(22)24-3)12-7-5-4-6-8-12;/h4-8,11,13,16H,9-10,18H2,1-3H3,(H,19,23)(H,20,21);1H/t13?,16-;/m0./s1. The number of hydrogen-bond donors (Lipinski definition) is 3. The van der Waals surface area contributed by atoms with Gasteiger partial charge >= 0.3 is 5.97 Å². The van der Waals surface area contributed by atoms with Gasteiger partial charge in [-0.1, -0.05) is 44.2 Å². The van der Waals surface area contributed by atoms with Crippen molar-refractivity contribution in [2.75, 3.05) is 13.7 Å². The molecule has 0 aliphatic heterocycles. The molecule has 2 atom stereocenters. The lowest BCUT2D eigenvalue weighted by atomic mass is 10.0. The Bertz CT molecular complexity index is 566. The largest absolute Gasteiger partial charge is 0.469 e. The number of esters is 1. The molecule has 8 heteroatoms. The van der Waals surface area contributed by atoms with E-state index in [1.54, 1.807) is 12.1 Å². The van der Waals surface area contributed by atoms with Crippen LogP contribution in [0, 0.1) is 5.92 Å². The van der Waals surface area contributed by atoms with Crippen LogP contribution in [0.1, 0.15) is 31.9 Å². The molecule has 1 aromatic rings. The summed E-state index contributed by atoms with van der Waals surface area (Å²) in [4.78, 5) is 35.4. The third-order valence-corrected chi connectivity index (χ3v) is 3.58. The van der Waals surface area contributed by atoms with Crippen LogP contribution in [0.2, 0.25) is 0 Å². The maximum absolute atomic E-state index is 12.1. The summed E-state index contributed by atoms with van der Waals surface area (Å²) in [6.45, 7) is 3.45. The number of hydrogen-bond acceptors (Lipinski definition) is 5. The number of nitrogens with two attached hydrogens (primary N) is 1. The van der Waals surface area contributed by atoms with Crippen LogP contribution in [-0.4, -0.2) is 37.5 Å². The summed E-state index contributed by atoms with van der Waals surface area (Å²) in [5.41, 5.74) is 6.50. The van der Waals surface area contributed by atoms with Gasteiger partial charge in [0.15, 0.2) is 0 Å². The SMILES string of the molecule is COC(=O)CC(NC(=O)CNC(=O)[C@@H](N)C(C)C)c1ccccc1.Cl. The summed E-state index contributed by atoms with van der Waals surface area (Å²) in [5, 5.41) is 5.22. The normalized spacial score (nSPS) is 12.5. The molecule has 140 valence electrons. The molecule has 0 fully saturated rings. The number of halogens is 1.